The first-order valence-electron chi connectivity index (χ1n) is 6.60. The fraction of sp³-hybridized carbons (Fsp3) is 0.600. The largest absolute Gasteiger partial charge is 0.330 e. The molecule has 0 spiro atoms. The van der Waals surface area contributed by atoms with E-state index in [9.17, 15) is 0 Å². The summed E-state index contributed by atoms with van der Waals surface area (Å²) < 4.78 is 0. The molecule has 2 rings (SSSR count). The van der Waals surface area contributed by atoms with Crippen molar-refractivity contribution in [3.05, 3.63) is 34.9 Å². The molecule has 1 aliphatic heterocycles. The Hall–Kier alpha value is -0.570. The van der Waals surface area contributed by atoms with Crippen molar-refractivity contribution in [1.29, 1.82) is 0 Å². The van der Waals surface area contributed by atoms with E-state index in [4.69, 9.17) is 5.73 Å². The summed E-state index contributed by atoms with van der Waals surface area (Å²) in [7, 11) is 0. The second kappa shape index (κ2) is 6.55. The molecule has 1 saturated heterocycles. The molecule has 0 amide bonds. The van der Waals surface area contributed by atoms with E-state index < -0.39 is 0 Å². The highest BCUT2D eigenvalue weighted by Gasteiger charge is 2.27. The van der Waals surface area contributed by atoms with E-state index in [2.05, 4.69) is 43.9 Å². The number of aryl methyl sites for hydroxylation is 2. The third kappa shape index (κ3) is 3.47. The second-order valence-corrected chi connectivity index (χ2v) is 5.55. The molecular weight excluding hydrogens is 244 g/mol. The van der Waals surface area contributed by atoms with Crippen LogP contribution >= 0.6 is 12.4 Å². The highest BCUT2D eigenvalue weighted by Crippen LogP contribution is 2.25. The predicted octanol–water partition coefficient (Wildman–Crippen LogP) is 2.89. The van der Waals surface area contributed by atoms with Crippen molar-refractivity contribution in [2.75, 3.05) is 13.1 Å². The van der Waals surface area contributed by atoms with Gasteiger partial charge in [0.25, 0.3) is 0 Å². The number of nitrogens with zero attached hydrogens (tertiary/aromatic N) is 1. The standard InChI is InChI=1S/C15H24N2.ClH/c1-11-4-5-12(2)15(6-11)10-17-9-14(8-16)7-13(17)3;/h4-6,13-14H,7-10,16H2,1-3H3;1H. The third-order valence-corrected chi connectivity index (χ3v) is 4.00. The number of benzene rings is 1. The number of likely N-dealkylation sites (tertiary alicyclic amines) is 1. The van der Waals surface area contributed by atoms with Crippen molar-refractivity contribution in [3.63, 3.8) is 0 Å². The first-order chi connectivity index (χ1) is 8.10. The molecule has 1 aromatic rings. The average Bonchev–Trinajstić information content (AvgIpc) is 2.65. The van der Waals surface area contributed by atoms with E-state index in [1.807, 2.05) is 0 Å². The van der Waals surface area contributed by atoms with Crippen molar-refractivity contribution in [2.45, 2.75) is 39.8 Å². The van der Waals surface area contributed by atoms with Crippen molar-refractivity contribution < 1.29 is 0 Å². The van der Waals surface area contributed by atoms with E-state index >= 15 is 0 Å². The molecule has 0 aromatic heterocycles. The van der Waals surface area contributed by atoms with Gasteiger partial charge in [-0.25, -0.2) is 0 Å². The van der Waals surface area contributed by atoms with Crippen LogP contribution < -0.4 is 5.73 Å². The molecule has 2 unspecified atom stereocenters. The Kier molecular flexibility index (Phi) is 5.64. The molecule has 0 saturated carbocycles. The van der Waals surface area contributed by atoms with Gasteiger partial charge < -0.3 is 5.73 Å². The summed E-state index contributed by atoms with van der Waals surface area (Å²) in [5.41, 5.74) is 10.0. The summed E-state index contributed by atoms with van der Waals surface area (Å²) >= 11 is 0. The van der Waals surface area contributed by atoms with Crippen LogP contribution in [0.15, 0.2) is 18.2 Å². The SMILES string of the molecule is Cc1ccc(C)c(CN2CC(CN)CC2C)c1.Cl. The number of nitrogens with two attached hydrogens (primary N) is 1. The number of hydrogen-bond acceptors (Lipinski definition) is 2. The molecule has 2 nitrogen and oxygen atoms in total. The quantitative estimate of drug-likeness (QED) is 0.913. The molecule has 0 bridgehead atoms. The van der Waals surface area contributed by atoms with Crippen LogP contribution in [0.25, 0.3) is 0 Å². The fourth-order valence-electron chi connectivity index (χ4n) is 2.80. The molecular formula is C15H25ClN2. The van der Waals surface area contributed by atoms with Crippen LogP contribution in [0.1, 0.15) is 30.0 Å². The Morgan fingerprint density at radius 3 is 2.67 bits per heavy atom. The minimum atomic E-state index is 0. The van der Waals surface area contributed by atoms with Gasteiger partial charge >= 0.3 is 0 Å². The highest BCUT2D eigenvalue weighted by molar-refractivity contribution is 5.85. The fourth-order valence-corrected chi connectivity index (χ4v) is 2.80. The van der Waals surface area contributed by atoms with Crippen molar-refractivity contribution in [1.82, 2.24) is 4.90 Å². The molecule has 1 aromatic carbocycles. The Morgan fingerprint density at radius 2 is 2.06 bits per heavy atom. The van der Waals surface area contributed by atoms with Crippen LogP contribution in [0.5, 0.6) is 0 Å². The first-order valence-corrected chi connectivity index (χ1v) is 6.60. The smallest absolute Gasteiger partial charge is 0.0239 e. The predicted molar refractivity (Wildman–Crippen MR) is 80.2 cm³/mol. The summed E-state index contributed by atoms with van der Waals surface area (Å²) in [5, 5.41) is 0. The summed E-state index contributed by atoms with van der Waals surface area (Å²) in [6.07, 6.45) is 1.25. The van der Waals surface area contributed by atoms with Crippen LogP contribution in [-0.2, 0) is 6.54 Å². The van der Waals surface area contributed by atoms with Gasteiger partial charge in [0, 0.05) is 19.1 Å². The maximum atomic E-state index is 5.78. The molecule has 18 heavy (non-hydrogen) atoms. The zero-order valence-electron chi connectivity index (χ0n) is 11.6. The molecule has 2 N–H and O–H groups in total. The molecule has 2 atom stereocenters. The lowest BCUT2D eigenvalue weighted by atomic mass is 10.1. The van der Waals surface area contributed by atoms with Crippen LogP contribution in [-0.4, -0.2) is 24.0 Å². The van der Waals surface area contributed by atoms with Gasteiger partial charge in [0.1, 0.15) is 0 Å². The van der Waals surface area contributed by atoms with E-state index in [0.29, 0.717) is 12.0 Å². The van der Waals surface area contributed by atoms with Gasteiger partial charge in [0.2, 0.25) is 0 Å². The van der Waals surface area contributed by atoms with Gasteiger partial charge in [-0.15, -0.1) is 12.4 Å². The molecule has 1 aliphatic rings. The van der Waals surface area contributed by atoms with Crippen LogP contribution in [0, 0.1) is 19.8 Å². The molecule has 0 radical (unpaired) electrons. The zero-order chi connectivity index (χ0) is 12.4. The molecule has 3 heteroatoms. The van der Waals surface area contributed by atoms with Gasteiger partial charge in [-0.3, -0.25) is 4.90 Å². The summed E-state index contributed by atoms with van der Waals surface area (Å²) in [5.74, 6) is 0.690. The molecule has 0 aliphatic carbocycles. The molecule has 1 heterocycles. The average molecular weight is 269 g/mol. The Balaban J connectivity index is 0.00000162. The van der Waals surface area contributed by atoms with Gasteiger partial charge in [-0.2, -0.15) is 0 Å². The van der Waals surface area contributed by atoms with E-state index in [-0.39, 0.29) is 12.4 Å². The minimum Gasteiger partial charge on any atom is -0.330 e. The second-order valence-electron chi connectivity index (χ2n) is 5.55. The topological polar surface area (TPSA) is 29.3 Å². The maximum absolute atomic E-state index is 5.78. The Labute approximate surface area is 117 Å². The van der Waals surface area contributed by atoms with Gasteiger partial charge in [0.15, 0.2) is 0 Å². The van der Waals surface area contributed by atoms with Crippen molar-refractivity contribution in [2.24, 2.45) is 11.7 Å². The summed E-state index contributed by atoms with van der Waals surface area (Å²) in [6.45, 7) is 9.75. The lowest BCUT2D eigenvalue weighted by Gasteiger charge is -2.22. The summed E-state index contributed by atoms with van der Waals surface area (Å²) in [4.78, 5) is 2.57. The van der Waals surface area contributed by atoms with Crippen molar-refractivity contribution >= 4 is 12.4 Å². The van der Waals surface area contributed by atoms with Crippen LogP contribution in [0.4, 0.5) is 0 Å². The molecule has 102 valence electrons. The summed E-state index contributed by atoms with van der Waals surface area (Å²) in [6, 6.07) is 7.40. The van der Waals surface area contributed by atoms with E-state index in [1.165, 1.54) is 23.1 Å². The van der Waals surface area contributed by atoms with Crippen molar-refractivity contribution in [3.8, 4) is 0 Å². The van der Waals surface area contributed by atoms with Crippen LogP contribution in [0.3, 0.4) is 0 Å². The monoisotopic (exact) mass is 268 g/mol. The van der Waals surface area contributed by atoms with Gasteiger partial charge in [0.05, 0.1) is 0 Å². The van der Waals surface area contributed by atoms with Gasteiger partial charge in [-0.05, 0) is 50.8 Å². The Morgan fingerprint density at radius 1 is 1.33 bits per heavy atom. The minimum absolute atomic E-state index is 0. The van der Waals surface area contributed by atoms with E-state index in [0.717, 1.165) is 19.6 Å². The first kappa shape index (κ1) is 15.5. The van der Waals surface area contributed by atoms with Gasteiger partial charge in [-0.1, -0.05) is 23.8 Å². The maximum Gasteiger partial charge on any atom is 0.0239 e. The number of rotatable bonds is 3. The number of halogens is 1. The molecule has 1 fully saturated rings. The zero-order valence-corrected chi connectivity index (χ0v) is 12.5. The normalized spacial score (nSPS) is 24.0. The third-order valence-electron chi connectivity index (χ3n) is 4.00. The van der Waals surface area contributed by atoms with E-state index in [1.54, 1.807) is 0 Å². The number of hydrogen-bond donors (Lipinski definition) is 1. The Bertz CT molecular complexity index is 392. The highest BCUT2D eigenvalue weighted by atomic mass is 35.5. The lowest BCUT2D eigenvalue weighted by molar-refractivity contribution is 0.255. The van der Waals surface area contributed by atoms with Crippen LogP contribution in [0.2, 0.25) is 0 Å². The lowest BCUT2D eigenvalue weighted by Crippen LogP contribution is -2.27.